The maximum atomic E-state index is 12.9. The molecule has 1 fully saturated rings. The number of nitrogens with zero attached hydrogens (tertiary/aromatic N) is 1. The van der Waals surface area contributed by atoms with Gasteiger partial charge in [-0.1, -0.05) is 49.0 Å². The fourth-order valence-corrected chi connectivity index (χ4v) is 5.41. The number of benzene rings is 1. The molecule has 0 amide bonds. The Labute approximate surface area is 145 Å². The van der Waals surface area contributed by atoms with E-state index in [0.29, 0.717) is 0 Å². The molecule has 1 aromatic rings. The summed E-state index contributed by atoms with van der Waals surface area (Å²) in [5, 5.41) is 2.40. The molecule has 7 heteroatoms. The molecule has 24 heavy (non-hydrogen) atoms. The normalized spacial score (nSPS) is 26.2. The zero-order valence-electron chi connectivity index (χ0n) is 14.6. The van der Waals surface area contributed by atoms with E-state index >= 15 is 0 Å². The van der Waals surface area contributed by atoms with E-state index in [2.05, 4.69) is 9.71 Å². The van der Waals surface area contributed by atoms with Crippen molar-refractivity contribution in [3.63, 3.8) is 0 Å². The number of hydrogen-bond acceptors (Lipinski definition) is 4. The van der Waals surface area contributed by atoms with Crippen molar-refractivity contribution < 1.29 is 13.2 Å². The fourth-order valence-electron chi connectivity index (χ4n) is 3.73. The summed E-state index contributed by atoms with van der Waals surface area (Å²) in [6.07, 6.45) is 5.62. The highest BCUT2D eigenvalue weighted by molar-refractivity contribution is 7.90. The van der Waals surface area contributed by atoms with E-state index in [1.54, 1.807) is 0 Å². The predicted octanol–water partition coefficient (Wildman–Crippen LogP) is 1.40. The minimum atomic E-state index is -3.70. The molecule has 1 aliphatic heterocycles. The van der Waals surface area contributed by atoms with Crippen LogP contribution >= 0.6 is 0 Å². The molecule has 1 saturated carbocycles. The van der Waals surface area contributed by atoms with Crippen molar-refractivity contribution in [1.82, 2.24) is 5.32 Å². The molecule has 1 aromatic carbocycles. The van der Waals surface area contributed by atoms with E-state index < -0.39 is 20.9 Å². The third-order valence-electron chi connectivity index (χ3n) is 4.78. The molecule has 1 heterocycles. The summed E-state index contributed by atoms with van der Waals surface area (Å²) >= 11 is 0. The minimum Gasteiger partial charge on any atom is -0.457 e. The molecule has 1 N–H and O–H groups in total. The van der Waals surface area contributed by atoms with Crippen LogP contribution in [0.4, 0.5) is 0 Å². The summed E-state index contributed by atoms with van der Waals surface area (Å²) in [5.41, 5.74) is 0.861. The fraction of sp³-hybridized carbons (Fsp3) is 0.588. The highest BCUT2D eigenvalue weighted by Gasteiger charge is 2.47. The summed E-state index contributed by atoms with van der Waals surface area (Å²) < 4.78 is 35.6. The summed E-state index contributed by atoms with van der Waals surface area (Å²) in [6.45, 7) is 3.63. The van der Waals surface area contributed by atoms with E-state index in [1.165, 1.54) is 6.42 Å². The summed E-state index contributed by atoms with van der Waals surface area (Å²) in [5.74, 6) is 0. The molecule has 5 nitrogen and oxygen atoms in total. The Morgan fingerprint density at radius 2 is 1.96 bits per heavy atom. The van der Waals surface area contributed by atoms with Crippen LogP contribution in [0.2, 0.25) is 0 Å². The van der Waals surface area contributed by atoms with Crippen LogP contribution in [0.1, 0.15) is 56.8 Å². The van der Waals surface area contributed by atoms with Gasteiger partial charge in [0.2, 0.25) is 0 Å². The van der Waals surface area contributed by atoms with Crippen molar-refractivity contribution in [1.29, 1.82) is 0 Å². The Bertz CT molecular complexity index is 740. The molecule has 3 rings (SSSR count). The topological polar surface area (TPSA) is 67.8 Å². The monoisotopic (exact) mass is 348 g/mol. The van der Waals surface area contributed by atoms with E-state index in [0.717, 1.165) is 36.7 Å². The van der Waals surface area contributed by atoms with Gasteiger partial charge in [-0.15, -0.1) is 4.40 Å². The van der Waals surface area contributed by atoms with Crippen LogP contribution in [0.5, 0.6) is 0 Å². The zero-order valence-corrected chi connectivity index (χ0v) is 15.4. The lowest BCUT2D eigenvalue weighted by Crippen LogP contribution is -2.49. The van der Waals surface area contributed by atoms with Crippen LogP contribution < -0.4 is 10.8 Å². The van der Waals surface area contributed by atoms with Crippen LogP contribution in [0.15, 0.2) is 28.7 Å². The molecule has 2 aliphatic rings. The molecule has 130 valence electrons. The number of sulfonamides is 1. The first-order valence-corrected chi connectivity index (χ1v) is 10.1. The standard InChI is InChI=1S/C17H25BN2O3S/c1-17(2)15(12-7-6-8-13(18)11-12)24(21,22)20-16(23-17)19-14-9-4-3-5-10-14/h6-8,11,14-15H,3-5,9-10,18H2,1-2H3,(H,19,20). The first kappa shape index (κ1) is 17.3. The summed E-state index contributed by atoms with van der Waals surface area (Å²) in [4.78, 5) is 0. The van der Waals surface area contributed by atoms with Gasteiger partial charge in [-0.05, 0) is 32.3 Å². The van der Waals surface area contributed by atoms with Crippen molar-refractivity contribution in [2.24, 2.45) is 4.40 Å². The van der Waals surface area contributed by atoms with E-state index in [1.807, 2.05) is 46.0 Å². The van der Waals surface area contributed by atoms with Gasteiger partial charge in [0.15, 0.2) is 0 Å². The van der Waals surface area contributed by atoms with Crippen molar-refractivity contribution in [3.8, 4) is 0 Å². The molecule has 0 bridgehead atoms. The molecule has 1 aliphatic carbocycles. The van der Waals surface area contributed by atoms with Crippen LogP contribution in [-0.4, -0.2) is 33.9 Å². The SMILES string of the molecule is Bc1cccc(C2C(C)(C)OC(NC3CCCCC3)=NS2(=O)=O)c1. The molecule has 1 atom stereocenters. The van der Waals surface area contributed by atoms with Gasteiger partial charge in [0, 0.05) is 6.04 Å². The molecule has 0 aromatic heterocycles. The average molecular weight is 348 g/mol. The van der Waals surface area contributed by atoms with Crippen molar-refractivity contribution in [3.05, 3.63) is 29.8 Å². The summed E-state index contributed by atoms with van der Waals surface area (Å²) in [6, 6.07) is 7.94. The highest BCUT2D eigenvalue weighted by atomic mass is 32.2. The van der Waals surface area contributed by atoms with Gasteiger partial charge in [0.1, 0.15) is 18.7 Å². The van der Waals surface area contributed by atoms with Crippen molar-refractivity contribution in [2.75, 3.05) is 0 Å². The predicted molar refractivity (Wildman–Crippen MR) is 98.9 cm³/mol. The van der Waals surface area contributed by atoms with Gasteiger partial charge >= 0.3 is 6.02 Å². The smallest absolute Gasteiger partial charge is 0.301 e. The highest BCUT2D eigenvalue weighted by Crippen LogP contribution is 2.39. The Kier molecular flexibility index (Phi) is 4.64. The van der Waals surface area contributed by atoms with Gasteiger partial charge in [-0.3, -0.25) is 0 Å². The van der Waals surface area contributed by atoms with E-state index in [-0.39, 0.29) is 12.1 Å². The Morgan fingerprint density at radius 3 is 2.58 bits per heavy atom. The van der Waals surface area contributed by atoms with E-state index in [9.17, 15) is 8.42 Å². The Balaban J connectivity index is 1.90. The third-order valence-corrected chi connectivity index (χ3v) is 6.63. The van der Waals surface area contributed by atoms with Crippen LogP contribution in [-0.2, 0) is 14.8 Å². The lowest BCUT2D eigenvalue weighted by atomic mass is 9.90. The number of amidine groups is 1. The van der Waals surface area contributed by atoms with Gasteiger partial charge in [-0.25, -0.2) is 8.42 Å². The number of nitrogens with one attached hydrogen (secondary N) is 1. The Hall–Kier alpha value is -1.50. The average Bonchev–Trinajstić information content (AvgIpc) is 2.45. The number of rotatable bonds is 2. The molecule has 0 spiro atoms. The lowest BCUT2D eigenvalue weighted by Gasteiger charge is -2.38. The molecule has 1 unspecified atom stereocenters. The number of hydrogen-bond donors (Lipinski definition) is 1. The minimum absolute atomic E-state index is 0.149. The van der Waals surface area contributed by atoms with Gasteiger partial charge < -0.3 is 10.1 Å². The first-order valence-electron chi connectivity index (χ1n) is 8.64. The van der Waals surface area contributed by atoms with Crippen molar-refractivity contribution in [2.45, 2.75) is 62.8 Å². The summed E-state index contributed by atoms with van der Waals surface area (Å²) in [7, 11) is -1.75. The van der Waals surface area contributed by atoms with Crippen LogP contribution in [0.25, 0.3) is 0 Å². The van der Waals surface area contributed by atoms with Gasteiger partial charge in [0.05, 0.1) is 0 Å². The maximum Gasteiger partial charge on any atom is 0.301 e. The molecular weight excluding hydrogens is 323 g/mol. The lowest BCUT2D eigenvalue weighted by molar-refractivity contribution is 0.0758. The second-order valence-electron chi connectivity index (χ2n) is 7.39. The van der Waals surface area contributed by atoms with Crippen molar-refractivity contribution >= 4 is 29.4 Å². The van der Waals surface area contributed by atoms with Gasteiger partial charge in [0.25, 0.3) is 10.0 Å². The number of ether oxygens (including phenoxy) is 1. The second-order valence-corrected chi connectivity index (χ2v) is 9.07. The van der Waals surface area contributed by atoms with E-state index in [4.69, 9.17) is 4.74 Å². The van der Waals surface area contributed by atoms with Gasteiger partial charge in [-0.2, -0.15) is 0 Å². The second kappa shape index (κ2) is 6.43. The van der Waals surface area contributed by atoms with Crippen LogP contribution in [0, 0.1) is 0 Å². The quantitative estimate of drug-likeness (QED) is 0.821. The molecule has 0 radical (unpaired) electrons. The van der Waals surface area contributed by atoms with Crippen LogP contribution in [0.3, 0.4) is 0 Å². The molecule has 0 saturated heterocycles. The third kappa shape index (κ3) is 3.61. The maximum absolute atomic E-state index is 12.9. The zero-order chi connectivity index (χ0) is 17.4. The Morgan fingerprint density at radius 1 is 1.25 bits per heavy atom. The molecular formula is C17H25BN2O3S. The largest absolute Gasteiger partial charge is 0.457 e. The first-order chi connectivity index (χ1) is 11.3.